The van der Waals surface area contributed by atoms with E-state index in [1.165, 1.54) is 6.33 Å². The highest BCUT2D eigenvalue weighted by atomic mass is 35.5. The van der Waals surface area contributed by atoms with Gasteiger partial charge in [0.25, 0.3) is 0 Å². The molecule has 7 heteroatoms. The molecule has 0 saturated carbocycles. The molecule has 0 fully saturated rings. The third-order valence-corrected chi connectivity index (χ3v) is 4.53. The molecule has 0 unspecified atom stereocenters. The Morgan fingerprint density at radius 1 is 0.867 bits per heavy atom. The van der Waals surface area contributed by atoms with Crippen LogP contribution in [0.1, 0.15) is 0 Å². The van der Waals surface area contributed by atoms with Crippen LogP contribution in [0.4, 0.5) is 0 Å². The van der Waals surface area contributed by atoms with Crippen LogP contribution in [0.2, 0.25) is 5.15 Å². The number of fused-ring (bicyclic) bond motifs is 1. The summed E-state index contributed by atoms with van der Waals surface area (Å²) in [5, 5.41) is 0.985. The predicted molar refractivity (Wildman–Crippen MR) is 73.6 cm³/mol. The summed E-state index contributed by atoms with van der Waals surface area (Å²) in [7, 11) is 0. The molecule has 0 aliphatic carbocycles. The van der Waals surface area contributed by atoms with E-state index >= 15 is 0 Å². The van der Waals surface area contributed by atoms with Crippen molar-refractivity contribution in [1.82, 2.24) is 9.97 Å². The van der Waals surface area contributed by atoms with Crippen molar-refractivity contribution in [2.75, 3.05) is 0 Å². The number of rotatable bonds is 0. The molecule has 0 aliphatic rings. The largest absolute Gasteiger partial charge is 0.235 e. The molecular weight excluding hydrogens is 288 g/mol. The standard InChI is InChI=1S/C8H5ClN2S4/c9-8-2-3(10-1-11-8)5(13)7(15)6(14)4(2)12/h1,12-15H. The van der Waals surface area contributed by atoms with Crippen LogP contribution in [-0.4, -0.2) is 9.97 Å². The predicted octanol–water partition coefficient (Wildman–Crippen LogP) is 3.44. The van der Waals surface area contributed by atoms with Gasteiger partial charge in [0.2, 0.25) is 0 Å². The van der Waals surface area contributed by atoms with Crippen LogP contribution in [0.3, 0.4) is 0 Å². The summed E-state index contributed by atoms with van der Waals surface area (Å²) < 4.78 is 0. The van der Waals surface area contributed by atoms with Gasteiger partial charge in [0.15, 0.2) is 0 Å². The summed E-state index contributed by atoms with van der Waals surface area (Å²) in [5.74, 6) is 0. The highest BCUT2D eigenvalue weighted by Crippen LogP contribution is 2.40. The minimum Gasteiger partial charge on any atom is -0.235 e. The van der Waals surface area contributed by atoms with Gasteiger partial charge in [-0.3, -0.25) is 0 Å². The second-order valence-corrected chi connectivity index (χ2v) is 4.93. The first-order valence-corrected chi connectivity index (χ1v) is 5.96. The van der Waals surface area contributed by atoms with E-state index in [-0.39, 0.29) is 0 Å². The Hall–Kier alpha value is 0.250. The normalized spacial score (nSPS) is 11.0. The molecule has 0 saturated heterocycles. The summed E-state index contributed by atoms with van der Waals surface area (Å²) >= 11 is 23.2. The Labute approximate surface area is 113 Å². The topological polar surface area (TPSA) is 25.8 Å². The van der Waals surface area contributed by atoms with Crippen molar-refractivity contribution in [3.05, 3.63) is 11.5 Å². The maximum Gasteiger partial charge on any atom is 0.141 e. The van der Waals surface area contributed by atoms with Crippen molar-refractivity contribution in [3.8, 4) is 0 Å². The smallest absolute Gasteiger partial charge is 0.141 e. The Kier molecular flexibility index (Phi) is 3.33. The maximum absolute atomic E-state index is 5.97. The first kappa shape index (κ1) is 11.7. The fourth-order valence-electron chi connectivity index (χ4n) is 1.21. The third kappa shape index (κ3) is 1.82. The molecule has 0 bridgehead atoms. The first-order chi connectivity index (χ1) is 7.04. The number of halogens is 1. The van der Waals surface area contributed by atoms with Gasteiger partial charge in [0.1, 0.15) is 11.5 Å². The van der Waals surface area contributed by atoms with Gasteiger partial charge >= 0.3 is 0 Å². The molecule has 1 aromatic heterocycles. The van der Waals surface area contributed by atoms with Crippen molar-refractivity contribution in [2.45, 2.75) is 19.6 Å². The Morgan fingerprint density at radius 2 is 1.47 bits per heavy atom. The number of hydrogen-bond donors (Lipinski definition) is 4. The Morgan fingerprint density at radius 3 is 2.13 bits per heavy atom. The van der Waals surface area contributed by atoms with Gasteiger partial charge in [0.05, 0.1) is 10.9 Å². The van der Waals surface area contributed by atoms with Crippen molar-refractivity contribution in [2.24, 2.45) is 0 Å². The molecule has 1 aromatic carbocycles. The molecule has 1 heterocycles. The van der Waals surface area contributed by atoms with Crippen molar-refractivity contribution in [3.63, 3.8) is 0 Å². The molecule has 2 rings (SSSR count). The van der Waals surface area contributed by atoms with Crippen LogP contribution in [0.15, 0.2) is 25.9 Å². The molecule has 0 aliphatic heterocycles. The maximum atomic E-state index is 5.97. The van der Waals surface area contributed by atoms with E-state index in [9.17, 15) is 0 Å². The lowest BCUT2D eigenvalue weighted by Gasteiger charge is -2.10. The lowest BCUT2D eigenvalue weighted by Crippen LogP contribution is -1.90. The summed E-state index contributed by atoms with van der Waals surface area (Å²) in [6.45, 7) is 0. The lowest BCUT2D eigenvalue weighted by atomic mass is 10.2. The van der Waals surface area contributed by atoms with E-state index in [0.717, 1.165) is 0 Å². The fourth-order valence-corrected chi connectivity index (χ4v) is 2.72. The molecule has 0 radical (unpaired) electrons. The summed E-state index contributed by atoms with van der Waals surface area (Å²) in [5.41, 5.74) is 0.631. The van der Waals surface area contributed by atoms with Crippen molar-refractivity contribution >= 4 is 73.0 Å². The van der Waals surface area contributed by atoms with Crippen LogP contribution >= 0.6 is 62.1 Å². The quantitative estimate of drug-likeness (QED) is 0.442. The van der Waals surface area contributed by atoms with Crippen LogP contribution < -0.4 is 0 Å². The average Bonchev–Trinajstić information content (AvgIpc) is 2.23. The zero-order chi connectivity index (χ0) is 11.2. The molecule has 0 amide bonds. The van der Waals surface area contributed by atoms with Crippen LogP contribution in [-0.2, 0) is 0 Å². The van der Waals surface area contributed by atoms with Crippen molar-refractivity contribution < 1.29 is 0 Å². The van der Waals surface area contributed by atoms with Crippen molar-refractivity contribution in [1.29, 1.82) is 0 Å². The molecule has 0 spiro atoms. The highest BCUT2D eigenvalue weighted by molar-refractivity contribution is 7.86. The third-order valence-electron chi connectivity index (χ3n) is 1.94. The van der Waals surface area contributed by atoms with Gasteiger partial charge in [-0.15, -0.1) is 50.5 Å². The van der Waals surface area contributed by atoms with Gasteiger partial charge < -0.3 is 0 Å². The minimum absolute atomic E-state index is 0.337. The average molecular weight is 293 g/mol. The second kappa shape index (κ2) is 4.25. The van der Waals surface area contributed by atoms with Gasteiger partial charge in [-0.25, -0.2) is 9.97 Å². The number of hydrogen-bond acceptors (Lipinski definition) is 6. The highest BCUT2D eigenvalue weighted by Gasteiger charge is 2.15. The molecule has 2 aromatic rings. The minimum atomic E-state index is 0.337. The van der Waals surface area contributed by atoms with E-state index < -0.39 is 0 Å². The van der Waals surface area contributed by atoms with Crippen LogP contribution in [0.25, 0.3) is 10.9 Å². The number of thiol groups is 4. The van der Waals surface area contributed by atoms with E-state index in [4.69, 9.17) is 11.6 Å². The number of benzene rings is 1. The first-order valence-electron chi connectivity index (χ1n) is 3.80. The van der Waals surface area contributed by atoms with E-state index in [0.29, 0.717) is 35.6 Å². The zero-order valence-electron chi connectivity index (χ0n) is 7.14. The monoisotopic (exact) mass is 292 g/mol. The Bertz CT molecular complexity index is 558. The molecule has 78 valence electrons. The van der Waals surface area contributed by atoms with Gasteiger partial charge in [-0.1, -0.05) is 11.6 Å². The van der Waals surface area contributed by atoms with Crippen LogP contribution in [0.5, 0.6) is 0 Å². The molecule has 0 N–H and O–H groups in total. The molecule has 15 heavy (non-hydrogen) atoms. The number of nitrogens with zero attached hydrogens (tertiary/aromatic N) is 2. The second-order valence-electron chi connectivity index (χ2n) is 2.78. The SMILES string of the molecule is Sc1c(S)c(S)c2c(Cl)ncnc2c1S. The van der Waals surface area contributed by atoms with Crippen LogP contribution in [0, 0.1) is 0 Å². The summed E-state index contributed by atoms with van der Waals surface area (Å²) in [6.07, 6.45) is 1.38. The van der Waals surface area contributed by atoms with Gasteiger partial charge in [0, 0.05) is 19.6 Å². The van der Waals surface area contributed by atoms with Gasteiger partial charge in [-0.2, -0.15) is 0 Å². The van der Waals surface area contributed by atoms with E-state index in [1.54, 1.807) is 0 Å². The zero-order valence-corrected chi connectivity index (χ0v) is 11.5. The number of aromatic nitrogens is 2. The molecule has 0 atom stereocenters. The molecule has 2 nitrogen and oxygen atoms in total. The van der Waals surface area contributed by atoms with Gasteiger partial charge in [-0.05, 0) is 0 Å². The Balaban J connectivity index is 3.08. The lowest BCUT2D eigenvalue weighted by molar-refractivity contribution is 1.06. The molecular formula is C8H5ClN2S4. The summed E-state index contributed by atoms with van der Waals surface area (Å²) in [4.78, 5) is 10.5. The summed E-state index contributed by atoms with van der Waals surface area (Å²) in [6, 6.07) is 0. The van der Waals surface area contributed by atoms with E-state index in [2.05, 4.69) is 60.5 Å². The van der Waals surface area contributed by atoms with E-state index in [1.807, 2.05) is 0 Å². The fraction of sp³-hybridized carbons (Fsp3) is 0.